The molecule has 0 aliphatic carbocycles. The lowest BCUT2D eigenvalue weighted by Gasteiger charge is -2.16. The summed E-state index contributed by atoms with van der Waals surface area (Å²) >= 11 is 0. The molecule has 0 amide bonds. The summed E-state index contributed by atoms with van der Waals surface area (Å²) in [4.78, 5) is 4.48. The first-order valence-electron chi connectivity index (χ1n) is 5.41. The molecule has 1 aromatic heterocycles. The van der Waals surface area contributed by atoms with Gasteiger partial charge in [-0.3, -0.25) is 4.98 Å². The van der Waals surface area contributed by atoms with E-state index in [9.17, 15) is 0 Å². The molecule has 3 nitrogen and oxygen atoms in total. The molecule has 84 valence electrons. The van der Waals surface area contributed by atoms with Crippen LogP contribution in [0.1, 0.15) is 18.3 Å². The number of likely N-dealkylation sites (N-methyl/N-ethyl adjacent to an activating group) is 1. The van der Waals surface area contributed by atoms with Crippen LogP contribution in [0.3, 0.4) is 0 Å². The number of nitrogens with one attached hydrogen (secondary N) is 1. The van der Waals surface area contributed by atoms with E-state index >= 15 is 0 Å². The third-order valence-corrected chi connectivity index (χ3v) is 2.26. The zero-order chi connectivity index (χ0) is 11.1. The second-order valence-electron chi connectivity index (χ2n) is 3.68. The molecule has 1 unspecified atom stereocenters. The minimum Gasteiger partial charge on any atom is -0.383 e. The van der Waals surface area contributed by atoms with Gasteiger partial charge in [0.05, 0.1) is 6.61 Å². The molecule has 0 spiro atoms. The topological polar surface area (TPSA) is 34.1 Å². The van der Waals surface area contributed by atoms with Crippen LogP contribution in [0.25, 0.3) is 0 Å². The first kappa shape index (κ1) is 12.1. The molecule has 1 atom stereocenters. The molecule has 1 N–H and O–H groups in total. The Morgan fingerprint density at radius 3 is 2.87 bits per heavy atom. The van der Waals surface area contributed by atoms with E-state index in [0.717, 1.165) is 31.0 Å². The summed E-state index contributed by atoms with van der Waals surface area (Å²) in [6, 6.07) is 6.48. The van der Waals surface area contributed by atoms with Crippen LogP contribution < -0.4 is 5.32 Å². The maximum Gasteiger partial charge on any atom is 0.0619 e. The third kappa shape index (κ3) is 4.40. The fourth-order valence-electron chi connectivity index (χ4n) is 1.65. The molecule has 0 fully saturated rings. The van der Waals surface area contributed by atoms with E-state index in [0.29, 0.717) is 6.04 Å². The molecule has 0 aliphatic heterocycles. The van der Waals surface area contributed by atoms with Crippen molar-refractivity contribution in [2.45, 2.75) is 26.3 Å². The maximum atomic E-state index is 5.17. The molecular formula is C12H20N2O. The molecule has 15 heavy (non-hydrogen) atoms. The van der Waals surface area contributed by atoms with Crippen LogP contribution in [-0.2, 0) is 11.2 Å². The highest BCUT2D eigenvalue weighted by molar-refractivity contribution is 5.11. The van der Waals surface area contributed by atoms with Crippen LogP contribution in [-0.4, -0.2) is 31.3 Å². The molecule has 1 heterocycles. The molecule has 0 aromatic carbocycles. The van der Waals surface area contributed by atoms with Gasteiger partial charge in [-0.2, -0.15) is 0 Å². The van der Waals surface area contributed by atoms with Crippen LogP contribution >= 0.6 is 0 Å². The van der Waals surface area contributed by atoms with Gasteiger partial charge >= 0.3 is 0 Å². The Morgan fingerprint density at radius 2 is 2.27 bits per heavy atom. The highest BCUT2D eigenvalue weighted by atomic mass is 16.5. The van der Waals surface area contributed by atoms with E-state index in [2.05, 4.69) is 23.3 Å². The summed E-state index contributed by atoms with van der Waals surface area (Å²) in [5.41, 5.74) is 2.19. The average Bonchev–Trinajstić information content (AvgIpc) is 2.18. The molecule has 0 bridgehead atoms. The van der Waals surface area contributed by atoms with Crippen molar-refractivity contribution < 1.29 is 4.74 Å². The Kier molecular flexibility index (Phi) is 5.29. The molecule has 0 aliphatic rings. The monoisotopic (exact) mass is 208 g/mol. The van der Waals surface area contributed by atoms with Gasteiger partial charge in [0.2, 0.25) is 0 Å². The van der Waals surface area contributed by atoms with Crippen LogP contribution in [0.4, 0.5) is 0 Å². The van der Waals surface area contributed by atoms with E-state index in [1.807, 2.05) is 19.1 Å². The van der Waals surface area contributed by atoms with Crippen molar-refractivity contribution in [3.8, 4) is 0 Å². The number of aromatic nitrogens is 1. The molecule has 3 heteroatoms. The van der Waals surface area contributed by atoms with Gasteiger partial charge in [0, 0.05) is 31.0 Å². The lowest BCUT2D eigenvalue weighted by atomic mass is 10.1. The first-order valence-corrected chi connectivity index (χ1v) is 5.41. The molecular weight excluding hydrogens is 188 g/mol. The summed E-state index contributed by atoms with van der Waals surface area (Å²) < 4.78 is 5.17. The average molecular weight is 208 g/mol. The smallest absolute Gasteiger partial charge is 0.0619 e. The van der Waals surface area contributed by atoms with Crippen molar-refractivity contribution in [2.75, 3.05) is 20.3 Å². The lowest BCUT2D eigenvalue weighted by Crippen LogP contribution is -2.35. The number of rotatable bonds is 6. The number of ether oxygens (including phenoxy) is 1. The van der Waals surface area contributed by atoms with Gasteiger partial charge < -0.3 is 10.1 Å². The highest BCUT2D eigenvalue weighted by Crippen LogP contribution is 2.02. The van der Waals surface area contributed by atoms with Gasteiger partial charge in [-0.15, -0.1) is 0 Å². The third-order valence-electron chi connectivity index (χ3n) is 2.26. The molecule has 1 aromatic rings. The Hall–Kier alpha value is -0.930. The van der Waals surface area contributed by atoms with Gasteiger partial charge in [-0.25, -0.2) is 0 Å². The zero-order valence-electron chi connectivity index (χ0n) is 9.79. The SMILES string of the molecule is CCNC(COC)Cc1cccc(C)n1. The first-order chi connectivity index (χ1) is 7.26. The largest absolute Gasteiger partial charge is 0.383 e. The summed E-state index contributed by atoms with van der Waals surface area (Å²) in [6.45, 7) is 5.80. The van der Waals surface area contributed by atoms with Gasteiger partial charge in [0.15, 0.2) is 0 Å². The fraction of sp³-hybridized carbons (Fsp3) is 0.583. The Morgan fingerprint density at radius 1 is 1.47 bits per heavy atom. The lowest BCUT2D eigenvalue weighted by molar-refractivity contribution is 0.166. The zero-order valence-corrected chi connectivity index (χ0v) is 9.79. The molecule has 0 saturated heterocycles. The Bertz CT molecular complexity index is 283. The van der Waals surface area contributed by atoms with E-state index < -0.39 is 0 Å². The fourth-order valence-corrected chi connectivity index (χ4v) is 1.65. The second-order valence-corrected chi connectivity index (χ2v) is 3.68. The molecule has 1 rings (SSSR count). The van der Waals surface area contributed by atoms with Crippen molar-refractivity contribution in [2.24, 2.45) is 0 Å². The van der Waals surface area contributed by atoms with Crippen LogP contribution in [0, 0.1) is 6.92 Å². The van der Waals surface area contributed by atoms with Crippen molar-refractivity contribution in [1.29, 1.82) is 0 Å². The van der Waals surface area contributed by atoms with Crippen LogP contribution in [0.15, 0.2) is 18.2 Å². The predicted molar refractivity (Wildman–Crippen MR) is 62.0 cm³/mol. The van der Waals surface area contributed by atoms with E-state index in [1.54, 1.807) is 7.11 Å². The van der Waals surface area contributed by atoms with Crippen molar-refractivity contribution in [1.82, 2.24) is 10.3 Å². The van der Waals surface area contributed by atoms with E-state index in [1.165, 1.54) is 0 Å². The Balaban J connectivity index is 2.56. The molecule has 0 saturated carbocycles. The number of nitrogens with zero attached hydrogens (tertiary/aromatic N) is 1. The number of hydrogen-bond acceptors (Lipinski definition) is 3. The van der Waals surface area contributed by atoms with Gasteiger partial charge in [0.1, 0.15) is 0 Å². The van der Waals surface area contributed by atoms with Crippen LogP contribution in [0.5, 0.6) is 0 Å². The summed E-state index contributed by atoms with van der Waals surface area (Å²) in [7, 11) is 1.73. The van der Waals surface area contributed by atoms with Crippen molar-refractivity contribution in [3.63, 3.8) is 0 Å². The highest BCUT2D eigenvalue weighted by Gasteiger charge is 2.08. The van der Waals surface area contributed by atoms with Gasteiger partial charge in [0.25, 0.3) is 0 Å². The number of methoxy groups -OCH3 is 1. The standard InChI is InChI=1S/C12H20N2O/c1-4-13-12(9-15-3)8-11-7-5-6-10(2)14-11/h5-7,12-13H,4,8-9H2,1-3H3. The Labute approximate surface area is 91.9 Å². The van der Waals surface area contributed by atoms with E-state index in [4.69, 9.17) is 4.74 Å². The predicted octanol–water partition coefficient (Wildman–Crippen LogP) is 1.56. The summed E-state index contributed by atoms with van der Waals surface area (Å²) in [5, 5.41) is 3.39. The quantitative estimate of drug-likeness (QED) is 0.770. The minimum absolute atomic E-state index is 0.356. The van der Waals surface area contributed by atoms with Crippen LogP contribution in [0.2, 0.25) is 0 Å². The second kappa shape index (κ2) is 6.53. The number of pyridine rings is 1. The number of aryl methyl sites for hydroxylation is 1. The number of hydrogen-bond donors (Lipinski definition) is 1. The molecule has 0 radical (unpaired) electrons. The maximum absolute atomic E-state index is 5.17. The van der Waals surface area contributed by atoms with Crippen molar-refractivity contribution in [3.05, 3.63) is 29.6 Å². The van der Waals surface area contributed by atoms with Gasteiger partial charge in [-0.1, -0.05) is 13.0 Å². The van der Waals surface area contributed by atoms with Gasteiger partial charge in [-0.05, 0) is 25.6 Å². The van der Waals surface area contributed by atoms with E-state index in [-0.39, 0.29) is 0 Å². The van der Waals surface area contributed by atoms with Crippen molar-refractivity contribution >= 4 is 0 Å². The summed E-state index contributed by atoms with van der Waals surface area (Å²) in [5.74, 6) is 0. The summed E-state index contributed by atoms with van der Waals surface area (Å²) in [6.07, 6.45) is 0.920. The normalized spacial score (nSPS) is 12.7. The minimum atomic E-state index is 0.356.